The maximum absolute atomic E-state index is 11.8. The smallest absolute Gasteiger partial charge is 0.271 e. The first-order chi connectivity index (χ1) is 8.16. The van der Waals surface area contributed by atoms with Crippen molar-refractivity contribution in [2.45, 2.75) is 6.04 Å². The first kappa shape index (κ1) is 12.3. The number of morpholine rings is 1. The Kier molecular flexibility index (Phi) is 3.93. The number of nitrogens with one attached hydrogen (secondary N) is 3. The molecule has 3 N–H and O–H groups in total. The van der Waals surface area contributed by atoms with E-state index in [9.17, 15) is 9.59 Å². The van der Waals surface area contributed by atoms with E-state index < -0.39 is 6.04 Å². The van der Waals surface area contributed by atoms with Crippen LogP contribution >= 0.6 is 15.9 Å². The van der Waals surface area contributed by atoms with Gasteiger partial charge in [-0.15, -0.1) is 0 Å². The summed E-state index contributed by atoms with van der Waals surface area (Å²) >= 11 is 3.22. The molecule has 1 aliphatic rings. The fourth-order valence-electron chi connectivity index (χ4n) is 1.50. The molecule has 0 saturated carbocycles. The topological polar surface area (TPSA) is 83.2 Å². The quantitative estimate of drug-likeness (QED) is 0.721. The molecule has 0 bridgehead atoms. The Morgan fingerprint density at radius 1 is 1.59 bits per heavy atom. The summed E-state index contributed by atoms with van der Waals surface area (Å²) in [5.41, 5.74) is -0.116. The van der Waals surface area contributed by atoms with Gasteiger partial charge in [-0.05, 0) is 22.0 Å². The van der Waals surface area contributed by atoms with E-state index in [1.54, 1.807) is 6.07 Å². The molecule has 1 fully saturated rings. The molecule has 1 amide bonds. The number of hydrogen-bond acceptors (Lipinski definition) is 4. The van der Waals surface area contributed by atoms with Crippen molar-refractivity contribution in [3.8, 4) is 0 Å². The Bertz CT molecular complexity index is 468. The molecule has 0 radical (unpaired) electrons. The van der Waals surface area contributed by atoms with Crippen LogP contribution < -0.4 is 16.2 Å². The molecule has 1 atom stereocenters. The summed E-state index contributed by atoms with van der Waals surface area (Å²) in [6, 6.07) is 1.14. The summed E-state index contributed by atoms with van der Waals surface area (Å²) < 4.78 is 5.87. The van der Waals surface area contributed by atoms with E-state index in [-0.39, 0.29) is 17.2 Å². The van der Waals surface area contributed by atoms with Crippen molar-refractivity contribution in [2.75, 3.05) is 25.1 Å². The summed E-state index contributed by atoms with van der Waals surface area (Å²) in [6.45, 7) is 1.55. The van der Waals surface area contributed by atoms with Crippen LogP contribution in [0, 0.1) is 0 Å². The molecule has 1 aromatic heterocycles. The lowest BCUT2D eigenvalue weighted by Gasteiger charge is -2.22. The van der Waals surface area contributed by atoms with E-state index in [0.717, 1.165) is 0 Å². The summed E-state index contributed by atoms with van der Waals surface area (Å²) in [5, 5.41) is 5.58. The molecule has 1 aliphatic heterocycles. The van der Waals surface area contributed by atoms with Crippen molar-refractivity contribution in [1.82, 2.24) is 10.3 Å². The van der Waals surface area contributed by atoms with Crippen LogP contribution in [0.15, 0.2) is 21.5 Å². The Morgan fingerprint density at radius 2 is 2.41 bits per heavy atom. The molecule has 2 heterocycles. The van der Waals surface area contributed by atoms with E-state index in [2.05, 4.69) is 31.5 Å². The number of rotatable bonds is 2. The van der Waals surface area contributed by atoms with Gasteiger partial charge in [0.15, 0.2) is 0 Å². The van der Waals surface area contributed by atoms with Gasteiger partial charge in [0.05, 0.1) is 13.2 Å². The molecule has 6 nitrogen and oxygen atoms in total. The lowest BCUT2D eigenvalue weighted by molar-refractivity contribution is -0.120. The Hall–Kier alpha value is -1.18. The summed E-state index contributed by atoms with van der Waals surface area (Å²) in [4.78, 5) is 25.8. The molecule has 1 aromatic rings. The Balaban J connectivity index is 2.07. The van der Waals surface area contributed by atoms with Crippen molar-refractivity contribution < 1.29 is 9.53 Å². The van der Waals surface area contributed by atoms with Gasteiger partial charge in [0.25, 0.3) is 5.56 Å². The number of hydrogen-bond donors (Lipinski definition) is 3. The minimum atomic E-state index is -0.415. The van der Waals surface area contributed by atoms with Crippen LogP contribution in [0.2, 0.25) is 0 Å². The number of halogens is 1. The first-order valence-corrected chi connectivity index (χ1v) is 5.96. The second kappa shape index (κ2) is 5.44. The van der Waals surface area contributed by atoms with Gasteiger partial charge in [-0.25, -0.2) is 0 Å². The molecule has 92 valence electrons. The van der Waals surface area contributed by atoms with Gasteiger partial charge in [-0.3, -0.25) is 9.59 Å². The van der Waals surface area contributed by atoms with Crippen LogP contribution in [0.3, 0.4) is 0 Å². The highest BCUT2D eigenvalue weighted by Crippen LogP contribution is 2.10. The second-order valence-corrected chi connectivity index (χ2v) is 4.55. The van der Waals surface area contributed by atoms with E-state index in [1.807, 2.05) is 0 Å². The molecule has 0 aromatic carbocycles. The molecule has 0 aliphatic carbocycles. The molecule has 2 rings (SSSR count). The Morgan fingerprint density at radius 3 is 3.12 bits per heavy atom. The van der Waals surface area contributed by atoms with Gasteiger partial charge in [-0.1, -0.05) is 0 Å². The first-order valence-electron chi connectivity index (χ1n) is 5.17. The number of carbonyl (C=O) groups is 1. The van der Waals surface area contributed by atoms with Crippen molar-refractivity contribution in [3.63, 3.8) is 0 Å². The van der Waals surface area contributed by atoms with Crippen molar-refractivity contribution in [3.05, 3.63) is 27.1 Å². The fourth-order valence-corrected chi connectivity index (χ4v) is 1.85. The van der Waals surface area contributed by atoms with Gasteiger partial charge in [0.2, 0.25) is 5.91 Å². The lowest BCUT2D eigenvalue weighted by Crippen LogP contribution is -2.49. The average molecular weight is 302 g/mol. The maximum Gasteiger partial charge on any atom is 0.271 e. The lowest BCUT2D eigenvalue weighted by atomic mass is 10.2. The highest BCUT2D eigenvalue weighted by molar-refractivity contribution is 9.10. The highest BCUT2D eigenvalue weighted by Gasteiger charge is 2.21. The van der Waals surface area contributed by atoms with Gasteiger partial charge in [0, 0.05) is 17.2 Å². The summed E-state index contributed by atoms with van der Waals surface area (Å²) in [7, 11) is 0. The van der Waals surface area contributed by atoms with Crippen molar-refractivity contribution in [2.24, 2.45) is 0 Å². The molecular formula is C10H12BrN3O3. The number of carbonyl (C=O) groups excluding carboxylic acids is 1. The number of H-pyrrole nitrogens is 1. The van der Waals surface area contributed by atoms with Gasteiger partial charge in [-0.2, -0.15) is 0 Å². The van der Waals surface area contributed by atoms with Crippen molar-refractivity contribution >= 4 is 27.5 Å². The number of aromatic amines is 1. The normalized spacial score (nSPS) is 19.9. The zero-order valence-electron chi connectivity index (χ0n) is 8.96. The SMILES string of the molecule is O=C(Nc1cc(Br)c[nH]c1=O)[C@@H]1COCCN1. The molecule has 1 saturated heterocycles. The predicted molar refractivity (Wildman–Crippen MR) is 66.0 cm³/mol. The summed E-state index contributed by atoms with van der Waals surface area (Å²) in [5.74, 6) is -0.270. The van der Waals surface area contributed by atoms with E-state index in [4.69, 9.17) is 4.74 Å². The Labute approximate surface area is 106 Å². The largest absolute Gasteiger partial charge is 0.378 e. The van der Waals surface area contributed by atoms with Crippen LogP contribution in [-0.4, -0.2) is 36.7 Å². The monoisotopic (exact) mass is 301 g/mol. The maximum atomic E-state index is 11.8. The van der Waals surface area contributed by atoms with Crippen LogP contribution in [-0.2, 0) is 9.53 Å². The third kappa shape index (κ3) is 3.15. The van der Waals surface area contributed by atoms with Gasteiger partial charge >= 0.3 is 0 Å². The molecule has 7 heteroatoms. The highest BCUT2D eigenvalue weighted by atomic mass is 79.9. The van der Waals surface area contributed by atoms with E-state index in [1.165, 1.54) is 6.20 Å². The number of aromatic nitrogens is 1. The second-order valence-electron chi connectivity index (χ2n) is 3.63. The number of ether oxygens (including phenoxy) is 1. The van der Waals surface area contributed by atoms with Gasteiger partial charge in [0.1, 0.15) is 11.7 Å². The number of amides is 1. The zero-order valence-corrected chi connectivity index (χ0v) is 10.5. The third-order valence-corrected chi connectivity index (χ3v) is 2.82. The molecule has 0 spiro atoms. The van der Waals surface area contributed by atoms with Crippen LogP contribution in [0.5, 0.6) is 0 Å². The number of anilines is 1. The molecular weight excluding hydrogens is 290 g/mol. The fraction of sp³-hybridized carbons (Fsp3) is 0.400. The minimum absolute atomic E-state index is 0.219. The van der Waals surface area contributed by atoms with E-state index >= 15 is 0 Å². The number of pyridine rings is 1. The molecule has 17 heavy (non-hydrogen) atoms. The summed E-state index contributed by atoms with van der Waals surface area (Å²) in [6.07, 6.45) is 1.51. The van der Waals surface area contributed by atoms with Gasteiger partial charge < -0.3 is 20.4 Å². The van der Waals surface area contributed by atoms with Crippen molar-refractivity contribution in [1.29, 1.82) is 0 Å². The van der Waals surface area contributed by atoms with E-state index in [0.29, 0.717) is 24.2 Å². The van der Waals surface area contributed by atoms with Crippen LogP contribution in [0.1, 0.15) is 0 Å². The molecule has 0 unspecified atom stereocenters. The van der Waals surface area contributed by atoms with Crippen LogP contribution in [0.25, 0.3) is 0 Å². The standard InChI is InChI=1S/C10H12BrN3O3/c11-6-3-7(9(15)13-4-6)14-10(16)8-5-17-2-1-12-8/h3-4,8,12H,1-2,5H2,(H,13,15)(H,14,16)/t8-/m0/s1. The zero-order chi connectivity index (χ0) is 12.3. The third-order valence-electron chi connectivity index (χ3n) is 2.36. The predicted octanol–water partition coefficient (Wildman–Crippen LogP) is 0.0643. The van der Waals surface area contributed by atoms with Crippen LogP contribution in [0.4, 0.5) is 5.69 Å². The minimum Gasteiger partial charge on any atom is -0.378 e. The average Bonchev–Trinajstić information content (AvgIpc) is 2.35.